The predicted octanol–water partition coefficient (Wildman–Crippen LogP) is 2.79. The van der Waals surface area contributed by atoms with E-state index in [9.17, 15) is 0 Å². The molecule has 0 unspecified atom stereocenters. The Hall–Kier alpha value is -1.17. The monoisotopic (exact) mass is 323 g/mol. The zero-order valence-electron chi connectivity index (χ0n) is 11.2. The molecule has 0 saturated carbocycles. The van der Waals surface area contributed by atoms with Crippen LogP contribution >= 0.6 is 15.9 Å². The summed E-state index contributed by atoms with van der Waals surface area (Å²) < 4.78 is 6.41. The topological polar surface area (TPSA) is 41.3 Å². The van der Waals surface area contributed by atoms with Crippen LogP contribution in [0, 0.1) is 0 Å². The largest absolute Gasteiger partial charge is 0.360 e. The fraction of sp³-hybridized carbons (Fsp3) is 0.357. The molecular formula is C14H18BrN3O. The van der Waals surface area contributed by atoms with Crippen molar-refractivity contribution in [1.82, 2.24) is 15.4 Å². The van der Waals surface area contributed by atoms with Crippen molar-refractivity contribution in [1.29, 1.82) is 0 Å². The molecule has 1 N–H and O–H groups in total. The SMILES string of the molecule is CNCc1cc(CN(C)Cc2ccc(Br)cc2)on1. The Kier molecular flexibility index (Phi) is 5.13. The number of nitrogens with zero attached hydrogens (tertiary/aromatic N) is 2. The summed E-state index contributed by atoms with van der Waals surface area (Å²) in [6.45, 7) is 2.38. The van der Waals surface area contributed by atoms with Crippen LogP contribution in [0.2, 0.25) is 0 Å². The zero-order valence-corrected chi connectivity index (χ0v) is 12.8. The molecule has 0 saturated heterocycles. The second kappa shape index (κ2) is 6.84. The number of hydrogen-bond donors (Lipinski definition) is 1. The normalized spacial score (nSPS) is 11.2. The summed E-state index contributed by atoms with van der Waals surface area (Å²) in [5, 5.41) is 7.06. The maximum Gasteiger partial charge on any atom is 0.151 e. The van der Waals surface area contributed by atoms with Gasteiger partial charge in [-0.3, -0.25) is 4.90 Å². The van der Waals surface area contributed by atoms with Gasteiger partial charge in [0.2, 0.25) is 0 Å². The molecule has 19 heavy (non-hydrogen) atoms. The van der Waals surface area contributed by atoms with Crippen molar-refractivity contribution >= 4 is 15.9 Å². The summed E-state index contributed by atoms with van der Waals surface area (Å²) >= 11 is 3.44. The minimum absolute atomic E-state index is 0.736. The molecule has 1 heterocycles. The van der Waals surface area contributed by atoms with E-state index in [1.807, 2.05) is 13.1 Å². The molecule has 5 heteroatoms. The van der Waals surface area contributed by atoms with Gasteiger partial charge in [0.1, 0.15) is 0 Å². The first-order valence-electron chi connectivity index (χ1n) is 6.19. The van der Waals surface area contributed by atoms with Crippen LogP contribution in [0.4, 0.5) is 0 Å². The molecule has 2 aromatic rings. The number of rotatable bonds is 6. The van der Waals surface area contributed by atoms with E-state index >= 15 is 0 Å². The lowest BCUT2D eigenvalue weighted by atomic mass is 10.2. The Morgan fingerprint density at radius 1 is 1.26 bits per heavy atom. The Bertz CT molecular complexity index is 510. The third-order valence-corrected chi connectivity index (χ3v) is 3.29. The van der Waals surface area contributed by atoms with Crippen LogP contribution in [0.1, 0.15) is 17.0 Å². The number of halogens is 1. The summed E-state index contributed by atoms with van der Waals surface area (Å²) in [6.07, 6.45) is 0. The van der Waals surface area contributed by atoms with Gasteiger partial charge in [-0.1, -0.05) is 33.2 Å². The Morgan fingerprint density at radius 2 is 2.00 bits per heavy atom. The second-order valence-corrected chi connectivity index (χ2v) is 5.53. The van der Waals surface area contributed by atoms with Crippen LogP contribution in [0.5, 0.6) is 0 Å². The van der Waals surface area contributed by atoms with E-state index in [1.165, 1.54) is 5.56 Å². The Balaban J connectivity index is 1.89. The fourth-order valence-corrected chi connectivity index (χ4v) is 2.18. The van der Waals surface area contributed by atoms with Crippen molar-refractivity contribution in [2.24, 2.45) is 0 Å². The molecule has 4 nitrogen and oxygen atoms in total. The number of hydrogen-bond acceptors (Lipinski definition) is 4. The molecule has 0 bridgehead atoms. The summed E-state index contributed by atoms with van der Waals surface area (Å²) in [6, 6.07) is 10.3. The van der Waals surface area contributed by atoms with Gasteiger partial charge in [0.25, 0.3) is 0 Å². The average molecular weight is 324 g/mol. The molecule has 0 aliphatic rings. The second-order valence-electron chi connectivity index (χ2n) is 4.61. The van der Waals surface area contributed by atoms with Crippen LogP contribution < -0.4 is 5.32 Å². The first-order chi connectivity index (χ1) is 9.17. The van der Waals surface area contributed by atoms with Crippen LogP contribution in [-0.4, -0.2) is 24.2 Å². The summed E-state index contributed by atoms with van der Waals surface area (Å²) in [7, 11) is 3.97. The van der Waals surface area contributed by atoms with E-state index in [1.54, 1.807) is 0 Å². The zero-order chi connectivity index (χ0) is 13.7. The maximum atomic E-state index is 5.31. The van der Waals surface area contributed by atoms with Crippen LogP contribution in [-0.2, 0) is 19.6 Å². The highest BCUT2D eigenvalue weighted by atomic mass is 79.9. The van der Waals surface area contributed by atoms with E-state index in [0.29, 0.717) is 0 Å². The molecule has 0 aliphatic carbocycles. The van der Waals surface area contributed by atoms with Crippen molar-refractivity contribution in [3.8, 4) is 0 Å². The summed E-state index contributed by atoms with van der Waals surface area (Å²) in [5.74, 6) is 0.893. The van der Waals surface area contributed by atoms with E-state index in [2.05, 4.69) is 62.6 Å². The molecular weight excluding hydrogens is 306 g/mol. The molecule has 1 aromatic carbocycles. The summed E-state index contributed by atoms with van der Waals surface area (Å²) in [4.78, 5) is 2.20. The minimum Gasteiger partial charge on any atom is -0.360 e. The number of benzene rings is 1. The van der Waals surface area contributed by atoms with E-state index in [4.69, 9.17) is 4.52 Å². The van der Waals surface area contributed by atoms with Gasteiger partial charge >= 0.3 is 0 Å². The van der Waals surface area contributed by atoms with Crippen molar-refractivity contribution in [2.45, 2.75) is 19.6 Å². The summed E-state index contributed by atoms with van der Waals surface area (Å²) in [5.41, 5.74) is 2.22. The number of aromatic nitrogens is 1. The Labute approximate surface area is 121 Å². The van der Waals surface area contributed by atoms with Crippen molar-refractivity contribution in [3.05, 3.63) is 51.8 Å². The molecule has 2 rings (SSSR count). The molecule has 0 atom stereocenters. The molecule has 0 radical (unpaired) electrons. The highest BCUT2D eigenvalue weighted by Gasteiger charge is 2.07. The van der Waals surface area contributed by atoms with Gasteiger partial charge in [-0.25, -0.2) is 0 Å². The Morgan fingerprint density at radius 3 is 2.68 bits per heavy atom. The fourth-order valence-electron chi connectivity index (χ4n) is 1.92. The standard InChI is InChI=1S/C14H18BrN3O/c1-16-8-13-7-14(19-17-13)10-18(2)9-11-3-5-12(15)6-4-11/h3-7,16H,8-10H2,1-2H3. The molecule has 0 fully saturated rings. The van der Waals surface area contributed by atoms with Gasteiger partial charge in [-0.2, -0.15) is 0 Å². The molecule has 0 spiro atoms. The van der Waals surface area contributed by atoms with E-state index < -0.39 is 0 Å². The van der Waals surface area contributed by atoms with Gasteiger partial charge in [-0.05, 0) is 31.8 Å². The third-order valence-electron chi connectivity index (χ3n) is 2.76. The highest BCUT2D eigenvalue weighted by molar-refractivity contribution is 9.10. The smallest absolute Gasteiger partial charge is 0.151 e. The predicted molar refractivity (Wildman–Crippen MR) is 78.6 cm³/mol. The van der Waals surface area contributed by atoms with Gasteiger partial charge < -0.3 is 9.84 Å². The lowest BCUT2D eigenvalue weighted by Crippen LogP contribution is -2.16. The van der Waals surface area contributed by atoms with Crippen molar-refractivity contribution in [3.63, 3.8) is 0 Å². The lowest BCUT2D eigenvalue weighted by Gasteiger charge is -2.14. The molecule has 0 aliphatic heterocycles. The van der Waals surface area contributed by atoms with Gasteiger partial charge in [0.05, 0.1) is 12.2 Å². The highest BCUT2D eigenvalue weighted by Crippen LogP contribution is 2.13. The molecule has 102 valence electrons. The minimum atomic E-state index is 0.736. The first kappa shape index (κ1) is 14.2. The van der Waals surface area contributed by atoms with Gasteiger partial charge in [0.15, 0.2) is 5.76 Å². The lowest BCUT2D eigenvalue weighted by molar-refractivity contribution is 0.265. The number of nitrogens with one attached hydrogen (secondary N) is 1. The van der Waals surface area contributed by atoms with Crippen molar-refractivity contribution < 1.29 is 4.52 Å². The van der Waals surface area contributed by atoms with Crippen LogP contribution in [0.25, 0.3) is 0 Å². The average Bonchev–Trinajstić information content (AvgIpc) is 2.80. The quantitative estimate of drug-likeness (QED) is 0.887. The maximum absolute atomic E-state index is 5.31. The van der Waals surface area contributed by atoms with Gasteiger partial charge in [0, 0.05) is 23.6 Å². The molecule has 1 aromatic heterocycles. The van der Waals surface area contributed by atoms with Crippen molar-refractivity contribution in [2.75, 3.05) is 14.1 Å². The van der Waals surface area contributed by atoms with Gasteiger partial charge in [-0.15, -0.1) is 0 Å². The van der Waals surface area contributed by atoms with E-state index in [-0.39, 0.29) is 0 Å². The molecule has 0 amide bonds. The van der Waals surface area contributed by atoms with Crippen LogP contribution in [0.15, 0.2) is 39.3 Å². The van der Waals surface area contributed by atoms with Crippen LogP contribution in [0.3, 0.4) is 0 Å². The van der Waals surface area contributed by atoms with E-state index in [0.717, 1.165) is 35.6 Å². The third kappa shape index (κ3) is 4.45. The first-order valence-corrected chi connectivity index (χ1v) is 6.98.